The van der Waals surface area contributed by atoms with Crippen molar-refractivity contribution in [2.45, 2.75) is 0 Å². The fraction of sp³-hybridized carbons (Fsp3) is 0.377. The van der Waals surface area contributed by atoms with Gasteiger partial charge in [-0.3, -0.25) is 28.3 Å². The molecular weight excluding hydrogens is 1290 g/mol. The van der Waals surface area contributed by atoms with Crippen LogP contribution in [0.5, 0.6) is 0 Å². The molecule has 8 heterocycles. The van der Waals surface area contributed by atoms with Gasteiger partial charge in [0.1, 0.15) is 47.4 Å². The third kappa shape index (κ3) is 23.5. The Bertz CT molecular complexity index is 2930. The zero-order valence-electron chi connectivity index (χ0n) is 46.1. The number of thiol groups is 1. The number of nitrogens with two attached hydrogens (primary N) is 1. The van der Waals surface area contributed by atoms with Crippen LogP contribution in [0.25, 0.3) is 22.5 Å². The fourth-order valence-corrected chi connectivity index (χ4v) is 9.33. The zero-order valence-corrected chi connectivity index (χ0v) is 52.6. The molecule has 83 heavy (non-hydrogen) atoms. The summed E-state index contributed by atoms with van der Waals surface area (Å²) in [6.45, 7) is 13.4. The van der Waals surface area contributed by atoms with Crippen LogP contribution in [-0.2, 0) is 33.0 Å². The average molecular weight is 1350 g/mol. The predicted molar refractivity (Wildman–Crippen MR) is 338 cm³/mol. The molecule has 3 N–H and O–H groups in total. The molecule has 4 aliphatic rings. The summed E-state index contributed by atoms with van der Waals surface area (Å²) in [6.07, 6.45) is 10.3. The normalized spacial score (nSPS) is 14.4. The Morgan fingerprint density at radius 3 is 1.59 bits per heavy atom. The number of Topliss-reactive ketones (excluding diaryl/α,β-unsaturated/α-hetero) is 1. The Balaban J connectivity index is 0.000000218. The predicted octanol–water partition coefficient (Wildman–Crippen LogP) is 7.67. The van der Waals surface area contributed by atoms with Gasteiger partial charge >= 0.3 is 24.8 Å². The maximum atomic E-state index is 13.0. The van der Waals surface area contributed by atoms with Crippen molar-refractivity contribution in [3.8, 4) is 22.5 Å². The number of carbonyl (C=O) groups is 1. The van der Waals surface area contributed by atoms with Gasteiger partial charge in [-0.2, -0.15) is 10.2 Å². The van der Waals surface area contributed by atoms with Crippen LogP contribution in [0.2, 0.25) is 0 Å². The van der Waals surface area contributed by atoms with Crippen LogP contribution in [0.15, 0.2) is 125 Å². The fourth-order valence-electron chi connectivity index (χ4n) is 7.79. The van der Waals surface area contributed by atoms with Crippen molar-refractivity contribution in [1.82, 2.24) is 53.9 Å². The number of rotatable bonds is 6. The molecule has 0 aliphatic carbocycles. The Kier molecular flexibility index (Phi) is 32.5. The number of aromatic nitrogens is 8. The number of nitrogens with zero attached hydrogens (tertiary/aromatic N) is 13. The number of alkyl halides is 1. The molecule has 11 rings (SSSR count). The van der Waals surface area contributed by atoms with E-state index in [0.717, 1.165) is 144 Å². The van der Waals surface area contributed by atoms with E-state index in [1.54, 1.807) is 77.9 Å². The van der Waals surface area contributed by atoms with Gasteiger partial charge < -0.3 is 39.0 Å². The summed E-state index contributed by atoms with van der Waals surface area (Å²) in [7, 11) is 9.93. The number of hydrazine groups is 1. The van der Waals surface area contributed by atoms with E-state index in [0.29, 0.717) is 15.8 Å². The molecule has 7 aromatic rings. The van der Waals surface area contributed by atoms with Crippen LogP contribution in [-0.4, -0.2) is 190 Å². The number of hydrogen-bond donors (Lipinski definition) is 3. The van der Waals surface area contributed by atoms with Crippen molar-refractivity contribution in [2.24, 2.45) is 24.2 Å². The number of benzene rings is 3. The second-order valence-electron chi connectivity index (χ2n) is 17.6. The summed E-state index contributed by atoms with van der Waals surface area (Å²) in [5.41, 5.74) is 4.05. The maximum absolute atomic E-state index is 13.0. The Morgan fingerprint density at radius 2 is 1.17 bits per heavy atom. The van der Waals surface area contributed by atoms with Crippen LogP contribution in [0, 0.1) is 17.5 Å². The van der Waals surface area contributed by atoms with Gasteiger partial charge in [0.05, 0.1) is 68.4 Å². The van der Waals surface area contributed by atoms with E-state index in [1.165, 1.54) is 53.5 Å². The molecule has 0 atom stereocenters. The molecule has 3 aromatic carbocycles. The molecule has 4 saturated heterocycles. The summed E-state index contributed by atoms with van der Waals surface area (Å²) in [5.74, 6) is 6.75. The van der Waals surface area contributed by atoms with Gasteiger partial charge in [0.25, 0.3) is 0 Å². The van der Waals surface area contributed by atoms with Crippen molar-refractivity contribution < 1.29 is 36.9 Å². The third-order valence-electron chi connectivity index (χ3n) is 11.9. The van der Waals surface area contributed by atoms with E-state index in [-0.39, 0.29) is 41.0 Å². The summed E-state index contributed by atoms with van der Waals surface area (Å²) >= 11 is 20.1. The third-order valence-corrected chi connectivity index (χ3v) is 14.1. The number of halogens is 6. The van der Waals surface area contributed by atoms with Crippen LogP contribution in [0.3, 0.4) is 0 Å². The molecule has 1 radical (unpaired) electrons. The van der Waals surface area contributed by atoms with Crippen LogP contribution >= 0.6 is 81.5 Å². The van der Waals surface area contributed by atoms with Gasteiger partial charge in [-0.15, -0.1) is 12.4 Å². The molecule has 0 spiro atoms. The molecular formula is C53H67BBr2ClF3N15O5S3. The molecule has 30 heteroatoms. The number of hydrogen-bond acceptors (Lipinski definition) is 17. The molecule has 0 saturated carbocycles. The SMILES string of the molecule is C1COCCN1.CN(N)C(=S)N1CCOCC1.Cl.Cn1nc(-c2ccc(F)cc2)c(Br)c1N1CCOCC1.Cn1nc(-c2ccc(F)cc2)cc1N1CCOCC1.O=C(CBr)c1ccc(F)cc1.S=C(n1ccnc1)n1ccnc1.[B]=NS. The van der Waals surface area contributed by atoms with E-state index in [4.69, 9.17) is 49.2 Å². The topological polar surface area (TPSA) is 189 Å². The molecule has 4 aliphatic heterocycles. The number of anilines is 2. The average Bonchev–Trinajstić information content (AvgIpc) is 4.47. The van der Waals surface area contributed by atoms with Gasteiger partial charge in [-0.05, 0) is 113 Å². The number of thiocarbonyl (C=S) groups is 2. The van der Waals surface area contributed by atoms with E-state index in [9.17, 15) is 18.0 Å². The molecule has 447 valence electrons. The Labute approximate surface area is 522 Å². The van der Waals surface area contributed by atoms with E-state index >= 15 is 0 Å². The number of morpholine rings is 4. The molecule has 4 fully saturated rings. The molecule has 20 nitrogen and oxygen atoms in total. The minimum absolute atomic E-state index is 0. The van der Waals surface area contributed by atoms with Gasteiger partial charge in [-0.25, -0.2) is 29.0 Å². The second kappa shape index (κ2) is 38.5. The van der Waals surface area contributed by atoms with E-state index in [1.807, 2.05) is 34.4 Å². The second-order valence-corrected chi connectivity index (χ2v) is 19.9. The number of ketones is 1. The standard InChI is InChI=1S/C14H15BrFN3O.C14H16FN3O.C8H6BrFO.C7H6N4S.C6H13N3OS.C4H9NO.BHNS.ClH/c1-18-14(19-6-8-20-9-7-19)12(15)13(17-18)10-2-4-11(16)5-3-10;1-17-14(18-6-8-19-9-7-18)10-13(16-17)11-2-4-12(15)5-3-11;9-5-8(11)6-1-3-7(10)4-2-6;12-7(10-3-1-8-5-10)11-4-2-9-6-11;1-8(7)6(11)9-2-4-10-5-3-9;1-3-6-4-2-5-1;1-2-3;/h2-5H,6-9H2,1H3;2-5,10H,6-9H2,1H3;1-4H,5H2;1-6H;2-5,7H2,1H3;5H,1-4H2;3H;1H. The first-order valence-corrected chi connectivity index (χ1v) is 28.8. The monoisotopic (exact) mass is 1350 g/mol. The summed E-state index contributed by atoms with van der Waals surface area (Å²) in [6, 6.07) is 20.3. The number of ether oxygens (including phenoxy) is 4. The first kappa shape index (κ1) is 70.1. The molecule has 0 amide bonds. The van der Waals surface area contributed by atoms with Crippen molar-refractivity contribution >= 4 is 117 Å². The van der Waals surface area contributed by atoms with Crippen molar-refractivity contribution in [1.29, 1.82) is 0 Å². The minimum atomic E-state index is -0.323. The van der Waals surface area contributed by atoms with E-state index in [2.05, 4.69) is 91.9 Å². The first-order chi connectivity index (χ1) is 39.6. The zero-order chi connectivity index (χ0) is 59.2. The van der Waals surface area contributed by atoms with E-state index < -0.39 is 0 Å². The van der Waals surface area contributed by atoms with Gasteiger partial charge in [0, 0.05) is 121 Å². The van der Waals surface area contributed by atoms with Crippen molar-refractivity contribution in [2.75, 3.05) is 127 Å². The number of aryl methyl sites for hydroxylation is 2. The van der Waals surface area contributed by atoms with Crippen LogP contribution in [0.4, 0.5) is 24.8 Å². The van der Waals surface area contributed by atoms with Crippen molar-refractivity contribution in [3.63, 3.8) is 0 Å². The molecule has 0 unspecified atom stereocenters. The number of nitrogens with one attached hydrogen (secondary N) is 1. The number of imidazole rings is 2. The summed E-state index contributed by atoms with van der Waals surface area (Å²) < 4.78 is 70.0. The van der Waals surface area contributed by atoms with Gasteiger partial charge in [-0.1, -0.05) is 15.9 Å². The molecule has 4 aromatic heterocycles. The van der Waals surface area contributed by atoms with Crippen LogP contribution in [0.1, 0.15) is 10.4 Å². The summed E-state index contributed by atoms with van der Waals surface area (Å²) in [4.78, 5) is 25.3. The van der Waals surface area contributed by atoms with Crippen LogP contribution < -0.4 is 21.0 Å². The first-order valence-electron chi connectivity index (χ1n) is 25.6. The summed E-state index contributed by atoms with van der Waals surface area (Å²) in [5, 5.41) is 15.3. The quantitative estimate of drug-likeness (QED) is 0.0280. The molecule has 0 bridgehead atoms. The van der Waals surface area contributed by atoms with Gasteiger partial charge in [0.2, 0.25) is 0 Å². The number of carbonyl (C=O) groups excluding carboxylic acids is 1. The Hall–Kier alpha value is -5.44. The van der Waals surface area contributed by atoms with Crippen molar-refractivity contribution in [3.05, 3.63) is 144 Å². The Morgan fingerprint density at radius 1 is 0.723 bits per heavy atom. The van der Waals surface area contributed by atoms with Gasteiger partial charge in [0.15, 0.2) is 16.0 Å².